The SMILES string of the molecule is CCCC[C@@H](C(=O)Sc1ccccc1)[Si](C)(C)C. The van der Waals surface area contributed by atoms with E-state index in [1.54, 1.807) is 0 Å². The first kappa shape index (κ1) is 15.5. The number of carbonyl (C=O) groups excluding carboxylic acids is 1. The summed E-state index contributed by atoms with van der Waals surface area (Å²) in [5, 5.41) is 0.369. The first-order chi connectivity index (χ1) is 8.45. The summed E-state index contributed by atoms with van der Waals surface area (Å²) in [4.78, 5) is 13.5. The lowest BCUT2D eigenvalue weighted by Crippen LogP contribution is -2.32. The second-order valence-electron chi connectivity index (χ2n) is 5.79. The highest BCUT2D eigenvalue weighted by molar-refractivity contribution is 8.14. The third-order valence-electron chi connectivity index (χ3n) is 3.14. The summed E-state index contributed by atoms with van der Waals surface area (Å²) in [7, 11) is -1.41. The Kier molecular flexibility index (Phi) is 6.16. The Morgan fingerprint density at radius 2 is 1.83 bits per heavy atom. The fraction of sp³-hybridized carbons (Fsp3) is 0.533. The second-order valence-corrected chi connectivity index (χ2v) is 12.3. The van der Waals surface area contributed by atoms with Crippen LogP contribution in [0.1, 0.15) is 26.2 Å². The van der Waals surface area contributed by atoms with E-state index >= 15 is 0 Å². The maximum Gasteiger partial charge on any atom is 0.194 e. The maximum absolute atomic E-state index is 12.5. The Morgan fingerprint density at radius 1 is 1.22 bits per heavy atom. The minimum atomic E-state index is -1.41. The zero-order valence-electron chi connectivity index (χ0n) is 11.9. The summed E-state index contributed by atoms with van der Waals surface area (Å²) in [6, 6.07) is 10.0. The number of carbonyl (C=O) groups is 1. The first-order valence-electron chi connectivity index (χ1n) is 6.72. The van der Waals surface area contributed by atoms with Crippen LogP contribution in [-0.2, 0) is 4.79 Å². The number of benzene rings is 1. The van der Waals surface area contributed by atoms with E-state index in [2.05, 4.69) is 26.6 Å². The van der Waals surface area contributed by atoms with Gasteiger partial charge in [-0.05, 0) is 18.6 Å². The summed E-state index contributed by atoms with van der Waals surface area (Å²) in [6.07, 6.45) is 3.39. The van der Waals surface area contributed by atoms with Gasteiger partial charge in [0.1, 0.15) is 0 Å². The van der Waals surface area contributed by atoms with E-state index < -0.39 is 8.07 Å². The van der Waals surface area contributed by atoms with Crippen molar-refractivity contribution in [1.82, 2.24) is 0 Å². The molecule has 0 aromatic heterocycles. The summed E-state index contributed by atoms with van der Waals surface area (Å²) < 4.78 is 0. The van der Waals surface area contributed by atoms with Crippen LogP contribution in [0.3, 0.4) is 0 Å². The Labute approximate surface area is 116 Å². The highest BCUT2D eigenvalue weighted by atomic mass is 32.2. The molecule has 0 heterocycles. The van der Waals surface area contributed by atoms with Crippen molar-refractivity contribution in [1.29, 1.82) is 0 Å². The van der Waals surface area contributed by atoms with Gasteiger partial charge in [-0.3, -0.25) is 4.79 Å². The van der Waals surface area contributed by atoms with Crippen LogP contribution in [0.4, 0.5) is 0 Å². The number of unbranched alkanes of at least 4 members (excludes halogenated alkanes) is 1. The van der Waals surface area contributed by atoms with Crippen molar-refractivity contribution in [3.05, 3.63) is 30.3 Å². The molecule has 0 aliphatic carbocycles. The molecule has 0 radical (unpaired) electrons. The van der Waals surface area contributed by atoms with Gasteiger partial charge in [0.15, 0.2) is 5.12 Å². The van der Waals surface area contributed by atoms with E-state index in [1.807, 2.05) is 30.3 Å². The van der Waals surface area contributed by atoms with Gasteiger partial charge in [-0.25, -0.2) is 0 Å². The molecule has 0 fully saturated rings. The van der Waals surface area contributed by atoms with Gasteiger partial charge in [0.25, 0.3) is 0 Å². The Balaban J connectivity index is 2.71. The Morgan fingerprint density at radius 3 is 2.33 bits per heavy atom. The lowest BCUT2D eigenvalue weighted by Gasteiger charge is -2.27. The second kappa shape index (κ2) is 7.15. The van der Waals surface area contributed by atoms with E-state index in [0.717, 1.165) is 17.7 Å². The smallest absolute Gasteiger partial charge is 0.194 e. The summed E-state index contributed by atoms with van der Waals surface area (Å²) in [5.41, 5.74) is 0.280. The monoisotopic (exact) mass is 280 g/mol. The average molecular weight is 281 g/mol. The highest BCUT2D eigenvalue weighted by Crippen LogP contribution is 2.35. The molecular weight excluding hydrogens is 256 g/mol. The first-order valence-corrected chi connectivity index (χ1v) is 11.1. The fourth-order valence-electron chi connectivity index (χ4n) is 1.99. The minimum absolute atomic E-state index is 0.280. The van der Waals surface area contributed by atoms with Gasteiger partial charge in [-0.15, -0.1) is 0 Å². The number of hydrogen-bond acceptors (Lipinski definition) is 2. The molecule has 0 unspecified atom stereocenters. The van der Waals surface area contributed by atoms with Crippen molar-refractivity contribution < 1.29 is 4.79 Å². The van der Waals surface area contributed by atoms with Crippen LogP contribution in [0.25, 0.3) is 0 Å². The standard InChI is InChI=1S/C15H24OSSi/c1-5-6-12-14(18(2,3)4)15(16)17-13-10-8-7-9-11-13/h7-11,14H,5-6,12H2,1-4H3/t14-/m0/s1. The Bertz CT molecular complexity index is 370. The predicted octanol–water partition coefficient (Wildman–Crippen LogP) is 5.20. The van der Waals surface area contributed by atoms with Crippen molar-refractivity contribution in [2.75, 3.05) is 0 Å². The number of rotatable bonds is 6. The number of hydrogen-bond donors (Lipinski definition) is 0. The third-order valence-corrected chi connectivity index (χ3v) is 6.98. The van der Waals surface area contributed by atoms with Gasteiger partial charge in [0.2, 0.25) is 0 Å². The van der Waals surface area contributed by atoms with E-state index in [0.29, 0.717) is 5.12 Å². The van der Waals surface area contributed by atoms with Gasteiger partial charge >= 0.3 is 0 Å². The molecule has 1 aromatic rings. The van der Waals surface area contributed by atoms with Crippen LogP contribution in [0.5, 0.6) is 0 Å². The molecule has 0 aliphatic rings. The molecule has 0 spiro atoms. The molecule has 0 amide bonds. The van der Waals surface area contributed by atoms with E-state index in [-0.39, 0.29) is 5.54 Å². The predicted molar refractivity (Wildman–Crippen MR) is 83.9 cm³/mol. The van der Waals surface area contributed by atoms with E-state index in [4.69, 9.17) is 0 Å². The van der Waals surface area contributed by atoms with Gasteiger partial charge in [0.05, 0.1) is 8.07 Å². The molecule has 1 atom stereocenters. The molecule has 100 valence electrons. The summed E-state index contributed by atoms with van der Waals surface area (Å²) in [6.45, 7) is 9.10. The third kappa shape index (κ3) is 4.98. The van der Waals surface area contributed by atoms with Gasteiger partial charge in [-0.1, -0.05) is 69.4 Å². The van der Waals surface area contributed by atoms with Crippen LogP contribution < -0.4 is 0 Å². The molecule has 1 rings (SSSR count). The zero-order chi connectivity index (χ0) is 13.6. The van der Waals surface area contributed by atoms with Crippen molar-refractivity contribution in [3.8, 4) is 0 Å². The van der Waals surface area contributed by atoms with Crippen molar-refractivity contribution in [2.45, 2.75) is 56.3 Å². The zero-order valence-corrected chi connectivity index (χ0v) is 13.7. The van der Waals surface area contributed by atoms with Crippen LogP contribution >= 0.6 is 11.8 Å². The van der Waals surface area contributed by atoms with Crippen molar-refractivity contribution in [2.24, 2.45) is 0 Å². The lowest BCUT2D eigenvalue weighted by molar-refractivity contribution is -0.111. The van der Waals surface area contributed by atoms with E-state index in [1.165, 1.54) is 18.2 Å². The molecule has 3 heteroatoms. The van der Waals surface area contributed by atoms with Gasteiger partial charge < -0.3 is 0 Å². The normalized spacial score (nSPS) is 13.3. The van der Waals surface area contributed by atoms with E-state index in [9.17, 15) is 4.79 Å². The molecule has 1 nitrogen and oxygen atoms in total. The largest absolute Gasteiger partial charge is 0.287 e. The average Bonchev–Trinajstić information content (AvgIpc) is 2.29. The van der Waals surface area contributed by atoms with Crippen LogP contribution in [-0.4, -0.2) is 13.2 Å². The minimum Gasteiger partial charge on any atom is -0.287 e. The quantitative estimate of drug-likeness (QED) is 0.526. The van der Waals surface area contributed by atoms with Gasteiger partial charge in [-0.2, -0.15) is 0 Å². The lowest BCUT2D eigenvalue weighted by atomic mass is 10.2. The molecule has 1 aromatic carbocycles. The fourth-order valence-corrected chi connectivity index (χ4v) is 5.79. The summed E-state index contributed by atoms with van der Waals surface area (Å²) >= 11 is 1.42. The number of thioether (sulfide) groups is 1. The topological polar surface area (TPSA) is 17.1 Å². The molecule has 0 bridgehead atoms. The van der Waals surface area contributed by atoms with Gasteiger partial charge in [0, 0.05) is 10.4 Å². The van der Waals surface area contributed by atoms with Crippen molar-refractivity contribution >= 4 is 25.0 Å². The maximum atomic E-state index is 12.5. The van der Waals surface area contributed by atoms with Crippen LogP contribution in [0.15, 0.2) is 35.2 Å². The van der Waals surface area contributed by atoms with Crippen LogP contribution in [0, 0.1) is 0 Å². The molecule has 18 heavy (non-hydrogen) atoms. The summed E-state index contributed by atoms with van der Waals surface area (Å²) in [5.74, 6) is 0. The molecule has 0 aliphatic heterocycles. The molecule has 0 N–H and O–H groups in total. The molecular formula is C15H24OSSi. The highest BCUT2D eigenvalue weighted by Gasteiger charge is 2.32. The molecule has 0 saturated heterocycles. The molecule has 0 saturated carbocycles. The van der Waals surface area contributed by atoms with Crippen molar-refractivity contribution in [3.63, 3.8) is 0 Å². The Hall–Kier alpha value is -0.543. The van der Waals surface area contributed by atoms with Crippen LogP contribution in [0.2, 0.25) is 25.2 Å².